The average Bonchev–Trinajstić information content (AvgIpc) is 2.97. The number of rotatable bonds is 4. The zero-order valence-electron chi connectivity index (χ0n) is 15.6. The van der Waals surface area contributed by atoms with E-state index in [1.807, 2.05) is 0 Å². The van der Waals surface area contributed by atoms with Gasteiger partial charge in [0.05, 0.1) is 15.4 Å². The molecule has 11 nitrogen and oxygen atoms in total. The van der Waals surface area contributed by atoms with Gasteiger partial charge in [-0.25, -0.2) is 4.79 Å². The number of ether oxygens (including phenoxy) is 1. The SMILES string of the molecule is N#CC(C#N)OC(=O)c1cc([N+](=O)[O-])cc2c1-c1ccc([N+](=O)[O-])cc1C2=O.[H-].[Na+]. The van der Waals surface area contributed by atoms with Crippen LogP contribution in [0.4, 0.5) is 11.4 Å². The van der Waals surface area contributed by atoms with Gasteiger partial charge in [0, 0.05) is 41.0 Å². The number of nitriles is 2. The van der Waals surface area contributed by atoms with Gasteiger partial charge in [0.25, 0.3) is 17.5 Å². The van der Waals surface area contributed by atoms with Gasteiger partial charge < -0.3 is 6.16 Å². The van der Waals surface area contributed by atoms with Crippen LogP contribution in [-0.4, -0.2) is 27.7 Å². The molecule has 0 heterocycles. The van der Waals surface area contributed by atoms with Crippen LogP contribution in [0.3, 0.4) is 0 Å². The van der Waals surface area contributed by atoms with E-state index in [1.165, 1.54) is 18.2 Å². The van der Waals surface area contributed by atoms with E-state index in [1.54, 1.807) is 0 Å². The third-order valence-corrected chi connectivity index (χ3v) is 3.99. The van der Waals surface area contributed by atoms with E-state index in [9.17, 15) is 29.8 Å². The second kappa shape index (κ2) is 8.16. The monoisotopic (exact) mass is 402 g/mol. The van der Waals surface area contributed by atoms with Gasteiger partial charge in [-0.05, 0) is 11.6 Å². The summed E-state index contributed by atoms with van der Waals surface area (Å²) in [6, 6.07) is 8.02. The maximum absolute atomic E-state index is 12.6. The number of non-ortho nitro benzene ring substituents is 2. The Bertz CT molecular complexity index is 1170. The molecule has 0 saturated carbocycles. The fraction of sp³-hybridized carbons (Fsp3) is 0.0588. The first kappa shape index (κ1) is 21.7. The second-order valence-corrected chi connectivity index (χ2v) is 5.53. The molecule has 0 N–H and O–H groups in total. The largest absolute Gasteiger partial charge is 1.00 e. The normalized spacial score (nSPS) is 10.8. The second-order valence-electron chi connectivity index (χ2n) is 5.53. The summed E-state index contributed by atoms with van der Waals surface area (Å²) >= 11 is 0. The molecule has 0 atom stereocenters. The van der Waals surface area contributed by atoms with E-state index in [2.05, 4.69) is 0 Å². The molecule has 0 aromatic heterocycles. The van der Waals surface area contributed by atoms with Crippen LogP contribution in [0.5, 0.6) is 0 Å². The molecule has 3 rings (SSSR count). The molecule has 0 saturated heterocycles. The fourth-order valence-corrected chi connectivity index (χ4v) is 2.81. The summed E-state index contributed by atoms with van der Waals surface area (Å²) < 4.78 is 4.70. The molecule has 1 aliphatic carbocycles. The minimum Gasteiger partial charge on any atom is -1.00 e. The number of fused-ring (bicyclic) bond motifs is 3. The Kier molecular flexibility index (Phi) is 6.09. The topological polar surface area (TPSA) is 177 Å². The van der Waals surface area contributed by atoms with Crippen LogP contribution >= 0.6 is 0 Å². The number of nitro benzene ring substituents is 2. The fourth-order valence-electron chi connectivity index (χ4n) is 2.81. The summed E-state index contributed by atoms with van der Waals surface area (Å²) in [6.07, 6.45) is -1.75. The van der Waals surface area contributed by atoms with Crippen LogP contribution in [0.2, 0.25) is 0 Å². The number of nitrogens with zero attached hydrogens (tertiary/aromatic N) is 4. The minimum atomic E-state index is -1.75. The van der Waals surface area contributed by atoms with Crippen molar-refractivity contribution in [3.8, 4) is 23.3 Å². The van der Waals surface area contributed by atoms with Gasteiger partial charge in [-0.15, -0.1) is 0 Å². The van der Waals surface area contributed by atoms with Gasteiger partial charge in [0.15, 0.2) is 5.78 Å². The number of carbonyl (C=O) groups excluding carboxylic acids is 2. The van der Waals surface area contributed by atoms with Crippen molar-refractivity contribution < 1.29 is 55.2 Å². The predicted octanol–water partition coefficient (Wildman–Crippen LogP) is -0.597. The van der Waals surface area contributed by atoms with Crippen LogP contribution in [0.25, 0.3) is 11.1 Å². The molecule has 0 amide bonds. The molecule has 12 heteroatoms. The van der Waals surface area contributed by atoms with Gasteiger partial charge in [-0.3, -0.25) is 25.0 Å². The van der Waals surface area contributed by atoms with E-state index in [-0.39, 0.29) is 58.9 Å². The molecular weight excluding hydrogens is 395 g/mol. The Hall–Kier alpha value is -3.64. The first-order valence-corrected chi connectivity index (χ1v) is 7.44. The van der Waals surface area contributed by atoms with Crippen molar-refractivity contribution in [1.82, 2.24) is 0 Å². The van der Waals surface area contributed by atoms with Crippen molar-refractivity contribution >= 4 is 23.1 Å². The maximum atomic E-state index is 12.6. The summed E-state index contributed by atoms with van der Waals surface area (Å²) in [5, 5.41) is 39.7. The smallest absolute Gasteiger partial charge is 1.00 e. The van der Waals surface area contributed by atoms with Crippen LogP contribution < -0.4 is 29.6 Å². The number of ketones is 1. The molecule has 29 heavy (non-hydrogen) atoms. The first-order chi connectivity index (χ1) is 13.3. The number of hydrogen-bond donors (Lipinski definition) is 0. The number of esters is 1. The molecule has 0 fully saturated rings. The van der Waals surface area contributed by atoms with Gasteiger partial charge >= 0.3 is 35.5 Å². The van der Waals surface area contributed by atoms with E-state index >= 15 is 0 Å². The molecule has 2 aromatic rings. The molecule has 1 aliphatic rings. The number of nitro groups is 2. The van der Waals surface area contributed by atoms with Gasteiger partial charge in [0.2, 0.25) is 0 Å². The molecule has 0 unspecified atom stereocenters. The van der Waals surface area contributed by atoms with Crippen LogP contribution in [0, 0.1) is 42.9 Å². The molecular formula is C17H7N4NaO7. The molecule has 0 bridgehead atoms. The Morgan fingerprint density at radius 3 is 2.14 bits per heavy atom. The van der Waals surface area contributed by atoms with Crippen LogP contribution in [0.15, 0.2) is 30.3 Å². The van der Waals surface area contributed by atoms with Crippen molar-refractivity contribution in [3.05, 3.63) is 67.3 Å². The van der Waals surface area contributed by atoms with Crippen molar-refractivity contribution in [1.29, 1.82) is 10.5 Å². The third kappa shape index (κ3) is 3.70. The van der Waals surface area contributed by atoms with Crippen molar-refractivity contribution in [3.63, 3.8) is 0 Å². The predicted molar refractivity (Wildman–Crippen MR) is 90.2 cm³/mol. The molecule has 138 valence electrons. The number of hydrogen-bond acceptors (Lipinski definition) is 9. The van der Waals surface area contributed by atoms with Gasteiger partial charge in [-0.1, -0.05) is 0 Å². The van der Waals surface area contributed by atoms with E-state index in [0.29, 0.717) is 0 Å². The van der Waals surface area contributed by atoms with Crippen molar-refractivity contribution in [2.24, 2.45) is 0 Å². The maximum Gasteiger partial charge on any atom is 1.00 e. The molecule has 0 radical (unpaired) electrons. The minimum absolute atomic E-state index is 0. The quantitative estimate of drug-likeness (QED) is 0.238. The Morgan fingerprint density at radius 2 is 1.59 bits per heavy atom. The molecule has 0 spiro atoms. The zero-order valence-corrected chi connectivity index (χ0v) is 16.6. The third-order valence-electron chi connectivity index (χ3n) is 3.99. The summed E-state index contributed by atoms with van der Waals surface area (Å²) in [6.45, 7) is 0. The Morgan fingerprint density at radius 1 is 1.00 bits per heavy atom. The first-order valence-electron chi connectivity index (χ1n) is 7.44. The standard InChI is InChI=1S/C17H6N4O7.Na.H/c18-6-10(7-19)28-17(23)14-5-9(21(26)27)4-13-15(14)11-2-1-8(20(24)25)3-12(11)16(13)22;;/h1-5,10H;;/q;+1;-1. The summed E-state index contributed by atoms with van der Waals surface area (Å²) in [7, 11) is 0. The Balaban J connectivity index is 0.00000225. The summed E-state index contributed by atoms with van der Waals surface area (Å²) in [5.41, 5.74) is -1.53. The van der Waals surface area contributed by atoms with Crippen LogP contribution in [0.1, 0.15) is 27.7 Å². The van der Waals surface area contributed by atoms with E-state index < -0.39 is 39.0 Å². The number of carbonyl (C=O) groups is 2. The molecule has 0 aliphatic heterocycles. The van der Waals surface area contributed by atoms with Crippen molar-refractivity contribution in [2.45, 2.75) is 6.10 Å². The van der Waals surface area contributed by atoms with Gasteiger partial charge in [-0.2, -0.15) is 10.5 Å². The molecule has 2 aromatic carbocycles. The average molecular weight is 402 g/mol. The zero-order chi connectivity index (χ0) is 20.6. The van der Waals surface area contributed by atoms with Gasteiger partial charge in [0.1, 0.15) is 12.1 Å². The van der Waals surface area contributed by atoms with Crippen molar-refractivity contribution in [2.75, 3.05) is 0 Å². The van der Waals surface area contributed by atoms with Crippen LogP contribution in [-0.2, 0) is 4.74 Å². The van der Waals surface area contributed by atoms with E-state index in [0.717, 1.165) is 24.3 Å². The van der Waals surface area contributed by atoms with E-state index in [4.69, 9.17) is 15.3 Å². The summed E-state index contributed by atoms with van der Waals surface area (Å²) in [4.78, 5) is 45.7. The summed E-state index contributed by atoms with van der Waals surface area (Å²) in [5.74, 6) is -1.95. The number of benzene rings is 2. The Labute approximate surface area is 185 Å².